The van der Waals surface area contributed by atoms with E-state index in [1.807, 2.05) is 0 Å². The molecule has 1 atom stereocenters. The number of rotatable bonds is 4. The molecule has 4 heteroatoms. The summed E-state index contributed by atoms with van der Waals surface area (Å²) in [4.78, 5) is 0. The Hall–Kier alpha value is -1.26. The third-order valence-electron chi connectivity index (χ3n) is 3.41. The Kier molecular flexibility index (Phi) is 4.44. The van der Waals surface area contributed by atoms with Crippen molar-refractivity contribution in [3.63, 3.8) is 0 Å². The van der Waals surface area contributed by atoms with Gasteiger partial charge in [0.1, 0.15) is 11.6 Å². The second-order valence-electron chi connectivity index (χ2n) is 4.68. The smallest absolute Gasteiger partial charge is 0.129 e. The Bertz CT molecular complexity index is 443. The largest absolute Gasteiger partial charge is 0.271 e. The van der Waals surface area contributed by atoms with Gasteiger partial charge in [-0.3, -0.25) is 11.3 Å². The number of hydrazine groups is 1. The summed E-state index contributed by atoms with van der Waals surface area (Å²) in [6.07, 6.45) is 7.03. The summed E-state index contributed by atoms with van der Waals surface area (Å²) < 4.78 is 26.4. The van der Waals surface area contributed by atoms with Crippen LogP contribution in [0.4, 0.5) is 8.78 Å². The molecule has 0 saturated heterocycles. The van der Waals surface area contributed by atoms with Crippen LogP contribution in [0, 0.1) is 11.6 Å². The minimum Gasteiger partial charge on any atom is -0.271 e. The molecule has 1 aliphatic carbocycles. The van der Waals surface area contributed by atoms with Crippen LogP contribution in [0.1, 0.15) is 31.2 Å². The van der Waals surface area contributed by atoms with E-state index in [2.05, 4.69) is 11.5 Å². The molecule has 0 fully saturated rings. The zero-order valence-corrected chi connectivity index (χ0v) is 10.3. The van der Waals surface area contributed by atoms with E-state index in [1.165, 1.54) is 24.1 Å². The summed E-state index contributed by atoms with van der Waals surface area (Å²) in [5, 5.41) is 0. The molecule has 1 aliphatic rings. The lowest BCUT2D eigenvalue weighted by atomic mass is 9.90. The van der Waals surface area contributed by atoms with Gasteiger partial charge >= 0.3 is 0 Å². The van der Waals surface area contributed by atoms with E-state index in [0.717, 1.165) is 25.3 Å². The fraction of sp³-hybridized carbons (Fsp3) is 0.429. The maximum atomic E-state index is 13.6. The third-order valence-corrected chi connectivity index (χ3v) is 3.41. The SMILES string of the molecule is NNC(Cc1ccc(F)cc1F)C1=CCCCC1. The summed E-state index contributed by atoms with van der Waals surface area (Å²) in [6.45, 7) is 0. The van der Waals surface area contributed by atoms with Gasteiger partial charge in [-0.1, -0.05) is 17.7 Å². The molecule has 1 aromatic carbocycles. The normalized spacial score (nSPS) is 17.4. The van der Waals surface area contributed by atoms with Crippen molar-refractivity contribution >= 4 is 0 Å². The summed E-state index contributed by atoms with van der Waals surface area (Å²) >= 11 is 0. The first-order valence-corrected chi connectivity index (χ1v) is 6.29. The molecule has 1 unspecified atom stereocenters. The van der Waals surface area contributed by atoms with Gasteiger partial charge in [-0.15, -0.1) is 0 Å². The molecular formula is C14H18F2N2. The van der Waals surface area contributed by atoms with Gasteiger partial charge in [0.15, 0.2) is 0 Å². The predicted octanol–water partition coefficient (Wildman–Crippen LogP) is 2.84. The quantitative estimate of drug-likeness (QED) is 0.491. The van der Waals surface area contributed by atoms with Crippen LogP contribution in [-0.2, 0) is 6.42 Å². The van der Waals surface area contributed by atoms with E-state index in [0.29, 0.717) is 12.0 Å². The van der Waals surface area contributed by atoms with E-state index in [-0.39, 0.29) is 6.04 Å². The van der Waals surface area contributed by atoms with Crippen LogP contribution in [0.15, 0.2) is 29.8 Å². The fourth-order valence-corrected chi connectivity index (χ4v) is 2.38. The van der Waals surface area contributed by atoms with Gasteiger partial charge in [0.05, 0.1) is 0 Å². The number of nitrogens with one attached hydrogen (secondary N) is 1. The molecule has 1 aromatic rings. The van der Waals surface area contributed by atoms with Crippen LogP contribution < -0.4 is 11.3 Å². The van der Waals surface area contributed by atoms with E-state index >= 15 is 0 Å². The highest BCUT2D eigenvalue weighted by atomic mass is 19.1. The Balaban J connectivity index is 2.12. The second-order valence-corrected chi connectivity index (χ2v) is 4.68. The van der Waals surface area contributed by atoms with Crippen LogP contribution in [-0.4, -0.2) is 6.04 Å². The van der Waals surface area contributed by atoms with Gasteiger partial charge in [-0.25, -0.2) is 8.78 Å². The Morgan fingerprint density at radius 1 is 1.28 bits per heavy atom. The van der Waals surface area contributed by atoms with Crippen LogP contribution in [0.2, 0.25) is 0 Å². The molecule has 2 rings (SSSR count). The zero-order valence-electron chi connectivity index (χ0n) is 10.3. The summed E-state index contributed by atoms with van der Waals surface area (Å²) in [6, 6.07) is 3.61. The minimum absolute atomic E-state index is 0.0646. The van der Waals surface area contributed by atoms with Gasteiger partial charge < -0.3 is 0 Å². The third kappa shape index (κ3) is 3.15. The first-order chi connectivity index (χ1) is 8.70. The highest BCUT2D eigenvalue weighted by molar-refractivity contribution is 5.23. The van der Waals surface area contributed by atoms with Crippen molar-refractivity contribution in [2.45, 2.75) is 38.1 Å². The van der Waals surface area contributed by atoms with E-state index in [9.17, 15) is 8.78 Å². The Labute approximate surface area is 106 Å². The lowest BCUT2D eigenvalue weighted by Crippen LogP contribution is -2.39. The Morgan fingerprint density at radius 2 is 2.11 bits per heavy atom. The van der Waals surface area contributed by atoms with Gasteiger partial charge in [-0.2, -0.15) is 0 Å². The zero-order chi connectivity index (χ0) is 13.0. The van der Waals surface area contributed by atoms with Crippen molar-refractivity contribution in [2.75, 3.05) is 0 Å². The fourth-order valence-electron chi connectivity index (χ4n) is 2.38. The molecular weight excluding hydrogens is 234 g/mol. The van der Waals surface area contributed by atoms with Crippen LogP contribution in [0.25, 0.3) is 0 Å². The average Bonchev–Trinajstić information content (AvgIpc) is 2.39. The van der Waals surface area contributed by atoms with Gasteiger partial charge in [0.2, 0.25) is 0 Å². The average molecular weight is 252 g/mol. The number of allylic oxidation sites excluding steroid dienone is 1. The molecule has 0 aromatic heterocycles. The molecule has 3 N–H and O–H groups in total. The van der Waals surface area contributed by atoms with E-state index < -0.39 is 11.6 Å². The maximum Gasteiger partial charge on any atom is 0.129 e. The van der Waals surface area contributed by atoms with Gasteiger partial charge in [0, 0.05) is 12.1 Å². The molecule has 0 heterocycles. The van der Waals surface area contributed by atoms with E-state index in [1.54, 1.807) is 0 Å². The number of nitrogens with two attached hydrogens (primary N) is 1. The summed E-state index contributed by atoms with van der Waals surface area (Å²) in [5.74, 6) is 4.49. The molecule has 2 nitrogen and oxygen atoms in total. The summed E-state index contributed by atoms with van der Waals surface area (Å²) in [7, 11) is 0. The number of benzene rings is 1. The summed E-state index contributed by atoms with van der Waals surface area (Å²) in [5.41, 5.74) is 4.45. The topological polar surface area (TPSA) is 38.0 Å². The molecule has 0 aliphatic heterocycles. The van der Waals surface area contributed by atoms with Gasteiger partial charge in [-0.05, 0) is 43.7 Å². The van der Waals surface area contributed by atoms with E-state index in [4.69, 9.17) is 5.84 Å². The number of halogens is 2. The maximum absolute atomic E-state index is 13.6. The van der Waals surface area contributed by atoms with Gasteiger partial charge in [0.25, 0.3) is 0 Å². The minimum atomic E-state index is -0.551. The van der Waals surface area contributed by atoms with Crippen molar-refractivity contribution in [2.24, 2.45) is 5.84 Å². The molecule has 18 heavy (non-hydrogen) atoms. The molecule has 98 valence electrons. The van der Waals surface area contributed by atoms with Crippen molar-refractivity contribution < 1.29 is 8.78 Å². The van der Waals surface area contributed by atoms with Crippen molar-refractivity contribution in [3.05, 3.63) is 47.0 Å². The highest BCUT2D eigenvalue weighted by Crippen LogP contribution is 2.23. The molecule has 0 saturated carbocycles. The second kappa shape index (κ2) is 6.07. The Morgan fingerprint density at radius 3 is 2.72 bits per heavy atom. The van der Waals surface area contributed by atoms with Crippen molar-refractivity contribution in [3.8, 4) is 0 Å². The van der Waals surface area contributed by atoms with Crippen molar-refractivity contribution in [1.29, 1.82) is 0 Å². The lowest BCUT2D eigenvalue weighted by Gasteiger charge is -2.22. The number of hydrogen-bond donors (Lipinski definition) is 2. The standard InChI is InChI=1S/C14H18F2N2/c15-12-7-6-11(13(16)9-12)8-14(18-17)10-4-2-1-3-5-10/h4,6-7,9,14,18H,1-3,5,8,17H2. The monoisotopic (exact) mass is 252 g/mol. The molecule has 0 spiro atoms. The van der Waals surface area contributed by atoms with Crippen LogP contribution >= 0.6 is 0 Å². The van der Waals surface area contributed by atoms with Crippen molar-refractivity contribution in [1.82, 2.24) is 5.43 Å². The van der Waals surface area contributed by atoms with Crippen LogP contribution in [0.3, 0.4) is 0 Å². The molecule has 0 amide bonds. The molecule has 0 bridgehead atoms. The first kappa shape index (κ1) is 13.2. The predicted molar refractivity (Wildman–Crippen MR) is 67.7 cm³/mol. The molecule has 0 radical (unpaired) electrons. The lowest BCUT2D eigenvalue weighted by molar-refractivity contribution is 0.520. The van der Waals surface area contributed by atoms with Crippen LogP contribution in [0.5, 0.6) is 0 Å². The first-order valence-electron chi connectivity index (χ1n) is 6.29. The number of hydrogen-bond acceptors (Lipinski definition) is 2. The highest BCUT2D eigenvalue weighted by Gasteiger charge is 2.17.